The third-order valence-corrected chi connectivity index (χ3v) is 3.18. The van der Waals surface area contributed by atoms with Crippen molar-refractivity contribution in [3.8, 4) is 5.82 Å². The van der Waals surface area contributed by atoms with Crippen LogP contribution in [0.4, 0.5) is 10.5 Å². The van der Waals surface area contributed by atoms with Gasteiger partial charge in [-0.05, 0) is 13.0 Å². The summed E-state index contributed by atoms with van der Waals surface area (Å²) in [6.45, 7) is 6.11. The molecule has 2 heterocycles. The van der Waals surface area contributed by atoms with Crippen molar-refractivity contribution >= 4 is 34.9 Å². The summed E-state index contributed by atoms with van der Waals surface area (Å²) in [7, 11) is 1.69. The number of hydrogen-bond donors (Lipinski definition) is 1. The maximum atomic E-state index is 12.0. The lowest BCUT2D eigenvalue weighted by atomic mass is 10.3. The lowest BCUT2D eigenvalue weighted by Crippen LogP contribution is -2.32. The Morgan fingerprint density at radius 2 is 2.18 bits per heavy atom. The molecule has 8 heteroatoms. The molecule has 2 amide bonds. The van der Waals surface area contributed by atoms with E-state index in [0.717, 1.165) is 5.57 Å². The third kappa shape index (κ3) is 3.99. The fourth-order valence-electron chi connectivity index (χ4n) is 1.77. The topological polar surface area (TPSA) is 63.1 Å². The number of likely N-dealkylation sites (N-methyl/N-ethyl adjacent to an activating group) is 1. The quantitative estimate of drug-likeness (QED) is 0.865. The first-order valence-corrected chi connectivity index (χ1v) is 7.15. The van der Waals surface area contributed by atoms with E-state index < -0.39 is 0 Å². The molecule has 2 aromatic rings. The van der Waals surface area contributed by atoms with E-state index in [9.17, 15) is 4.79 Å². The molecule has 0 aliphatic rings. The maximum absolute atomic E-state index is 12.0. The number of amides is 2. The van der Waals surface area contributed by atoms with Gasteiger partial charge in [0.25, 0.3) is 0 Å². The Morgan fingerprint density at radius 3 is 2.82 bits per heavy atom. The van der Waals surface area contributed by atoms with Crippen molar-refractivity contribution in [2.24, 2.45) is 0 Å². The normalized spacial score (nSPS) is 10.4. The van der Waals surface area contributed by atoms with Crippen LogP contribution in [0.2, 0.25) is 10.0 Å². The number of urea groups is 1. The summed E-state index contributed by atoms with van der Waals surface area (Å²) in [5, 5.41) is 7.67. The van der Waals surface area contributed by atoms with Crippen molar-refractivity contribution in [1.29, 1.82) is 0 Å². The van der Waals surface area contributed by atoms with Crippen molar-refractivity contribution < 1.29 is 4.79 Å². The molecule has 0 aliphatic heterocycles. The van der Waals surface area contributed by atoms with E-state index in [1.807, 2.05) is 6.92 Å². The Morgan fingerprint density at radius 1 is 1.45 bits per heavy atom. The van der Waals surface area contributed by atoms with Crippen molar-refractivity contribution in [1.82, 2.24) is 19.7 Å². The number of carbonyl (C=O) groups excluding carboxylic acids is 1. The molecule has 116 valence electrons. The molecule has 2 rings (SSSR count). The minimum Gasteiger partial charge on any atom is -0.324 e. The van der Waals surface area contributed by atoms with Gasteiger partial charge >= 0.3 is 6.03 Å². The predicted octanol–water partition coefficient (Wildman–Crippen LogP) is 3.61. The second-order valence-electron chi connectivity index (χ2n) is 4.88. The number of aromatic nitrogens is 3. The molecule has 0 bridgehead atoms. The number of nitrogens with zero attached hydrogens (tertiary/aromatic N) is 4. The van der Waals surface area contributed by atoms with Crippen LogP contribution >= 0.6 is 23.2 Å². The summed E-state index contributed by atoms with van der Waals surface area (Å²) in [6, 6.07) is 1.32. The molecule has 0 aliphatic carbocycles. The van der Waals surface area contributed by atoms with Gasteiger partial charge in [-0.1, -0.05) is 35.4 Å². The van der Waals surface area contributed by atoms with E-state index in [0.29, 0.717) is 28.1 Å². The van der Waals surface area contributed by atoms with Crippen LogP contribution in [0.1, 0.15) is 6.92 Å². The Balaban J connectivity index is 2.11. The van der Waals surface area contributed by atoms with Gasteiger partial charge in [0.05, 0.1) is 28.1 Å². The zero-order valence-corrected chi connectivity index (χ0v) is 13.7. The molecule has 0 atom stereocenters. The van der Waals surface area contributed by atoms with Crippen LogP contribution in [0, 0.1) is 0 Å². The van der Waals surface area contributed by atoms with Crippen molar-refractivity contribution in [2.75, 3.05) is 18.9 Å². The van der Waals surface area contributed by atoms with E-state index in [1.165, 1.54) is 22.0 Å². The van der Waals surface area contributed by atoms with E-state index in [1.54, 1.807) is 19.3 Å². The Kier molecular flexibility index (Phi) is 5.05. The molecular weight excluding hydrogens is 325 g/mol. The Hall–Kier alpha value is -2.05. The lowest BCUT2D eigenvalue weighted by Gasteiger charge is -2.16. The van der Waals surface area contributed by atoms with Crippen molar-refractivity contribution in [2.45, 2.75) is 6.92 Å². The van der Waals surface area contributed by atoms with Crippen molar-refractivity contribution in [3.05, 3.63) is 46.9 Å². The molecule has 0 saturated carbocycles. The molecule has 1 N–H and O–H groups in total. The first kappa shape index (κ1) is 16.3. The highest BCUT2D eigenvalue weighted by atomic mass is 35.5. The largest absolute Gasteiger partial charge is 0.324 e. The van der Waals surface area contributed by atoms with Crippen LogP contribution in [-0.2, 0) is 0 Å². The van der Waals surface area contributed by atoms with E-state index in [-0.39, 0.29) is 6.03 Å². The molecule has 22 heavy (non-hydrogen) atoms. The number of anilines is 1. The summed E-state index contributed by atoms with van der Waals surface area (Å²) in [5.41, 5.74) is 1.43. The van der Waals surface area contributed by atoms with Gasteiger partial charge in [-0.15, -0.1) is 0 Å². The summed E-state index contributed by atoms with van der Waals surface area (Å²) >= 11 is 11.9. The summed E-state index contributed by atoms with van der Waals surface area (Å²) in [6.07, 6.45) is 4.61. The second-order valence-corrected chi connectivity index (χ2v) is 5.72. The van der Waals surface area contributed by atoms with Gasteiger partial charge in [-0.25, -0.2) is 14.5 Å². The smallest absolute Gasteiger partial charge is 0.321 e. The average molecular weight is 340 g/mol. The first-order valence-electron chi connectivity index (χ1n) is 6.39. The highest BCUT2D eigenvalue weighted by Crippen LogP contribution is 2.22. The molecule has 0 spiro atoms. The number of carbonyl (C=O) groups is 1. The zero-order valence-electron chi connectivity index (χ0n) is 12.2. The minimum absolute atomic E-state index is 0.252. The van der Waals surface area contributed by atoms with Gasteiger partial charge in [-0.2, -0.15) is 5.10 Å². The van der Waals surface area contributed by atoms with Crippen LogP contribution in [0.3, 0.4) is 0 Å². The third-order valence-electron chi connectivity index (χ3n) is 2.69. The summed E-state index contributed by atoms with van der Waals surface area (Å²) < 4.78 is 1.47. The van der Waals surface area contributed by atoms with Gasteiger partial charge in [0.15, 0.2) is 5.82 Å². The maximum Gasteiger partial charge on any atom is 0.321 e. The number of nitrogens with one attached hydrogen (secondary N) is 1. The SMILES string of the molecule is C=C(C)CN(C)C(=O)Nc1cnn(-c2ncc(Cl)cc2Cl)c1. The molecule has 0 saturated heterocycles. The highest BCUT2D eigenvalue weighted by molar-refractivity contribution is 6.35. The summed E-state index contributed by atoms with van der Waals surface area (Å²) in [5.74, 6) is 0.432. The van der Waals surface area contributed by atoms with Crippen LogP contribution < -0.4 is 5.32 Å². The standard InChI is InChI=1S/C14H15Cl2N5O/c1-9(2)7-20(3)14(22)19-11-6-18-21(8-11)13-12(16)4-10(15)5-17-13/h4-6,8H,1,7H2,2-3H3,(H,19,22). The number of hydrogen-bond acceptors (Lipinski definition) is 3. The van der Waals surface area contributed by atoms with Gasteiger partial charge in [-0.3, -0.25) is 0 Å². The molecule has 0 fully saturated rings. The average Bonchev–Trinajstić information content (AvgIpc) is 2.86. The Bertz CT molecular complexity index is 713. The van der Waals surface area contributed by atoms with Crippen LogP contribution in [0.15, 0.2) is 36.8 Å². The van der Waals surface area contributed by atoms with E-state index in [4.69, 9.17) is 23.2 Å². The molecular formula is C14H15Cl2N5O. The molecule has 2 aromatic heterocycles. The lowest BCUT2D eigenvalue weighted by molar-refractivity contribution is 0.226. The van der Waals surface area contributed by atoms with Crippen LogP contribution in [0.25, 0.3) is 5.82 Å². The zero-order chi connectivity index (χ0) is 16.3. The van der Waals surface area contributed by atoms with Crippen LogP contribution in [0.5, 0.6) is 0 Å². The second kappa shape index (κ2) is 6.81. The fourth-order valence-corrected chi connectivity index (χ4v) is 2.24. The van der Waals surface area contributed by atoms with E-state index in [2.05, 4.69) is 22.0 Å². The first-order chi connectivity index (χ1) is 10.4. The van der Waals surface area contributed by atoms with Gasteiger partial charge in [0.2, 0.25) is 0 Å². The van der Waals surface area contributed by atoms with E-state index >= 15 is 0 Å². The van der Waals surface area contributed by atoms with Gasteiger partial charge in [0.1, 0.15) is 0 Å². The molecule has 6 nitrogen and oxygen atoms in total. The molecule has 0 aromatic carbocycles. The molecule has 0 unspecified atom stereocenters. The number of halogens is 2. The Labute approximate surface area is 138 Å². The van der Waals surface area contributed by atoms with Gasteiger partial charge < -0.3 is 10.2 Å². The number of pyridine rings is 1. The predicted molar refractivity (Wildman–Crippen MR) is 87.8 cm³/mol. The molecule has 0 radical (unpaired) electrons. The fraction of sp³-hybridized carbons (Fsp3) is 0.214. The summed E-state index contributed by atoms with van der Waals surface area (Å²) in [4.78, 5) is 17.6. The van der Waals surface area contributed by atoms with Gasteiger partial charge in [0, 0.05) is 19.8 Å². The van der Waals surface area contributed by atoms with Crippen molar-refractivity contribution in [3.63, 3.8) is 0 Å². The highest BCUT2D eigenvalue weighted by Gasteiger charge is 2.12. The number of rotatable bonds is 4. The van der Waals surface area contributed by atoms with Crippen LogP contribution in [-0.4, -0.2) is 39.3 Å². The minimum atomic E-state index is -0.252. The monoisotopic (exact) mass is 339 g/mol.